The third-order valence-electron chi connectivity index (χ3n) is 2.46. The van der Waals surface area contributed by atoms with Crippen LogP contribution in [0.5, 0.6) is 0 Å². The molecule has 0 radical (unpaired) electrons. The molecule has 0 saturated heterocycles. The van der Waals surface area contributed by atoms with Gasteiger partial charge in [-0.05, 0) is 31.0 Å². The number of nitrogens with two attached hydrogens (primary N) is 1. The van der Waals surface area contributed by atoms with Gasteiger partial charge in [-0.15, -0.1) is 0 Å². The molecule has 0 amide bonds. The predicted octanol–water partition coefficient (Wildman–Crippen LogP) is 1.87. The molecule has 1 fully saturated rings. The highest BCUT2D eigenvalue weighted by molar-refractivity contribution is 5.44. The van der Waals surface area contributed by atoms with Gasteiger partial charge in [0.25, 0.3) is 0 Å². The lowest BCUT2D eigenvalue weighted by Gasteiger charge is -2.11. The third-order valence-corrected chi connectivity index (χ3v) is 2.46. The molecule has 1 aliphatic rings. The van der Waals surface area contributed by atoms with E-state index in [1.165, 1.54) is 6.07 Å². The molecule has 14 heavy (non-hydrogen) atoms. The Kier molecular flexibility index (Phi) is 2.15. The van der Waals surface area contributed by atoms with Crippen molar-refractivity contribution in [3.05, 3.63) is 29.8 Å². The smallest absolute Gasteiger partial charge is 0.160 e. The number of hydrogen-bond acceptors (Lipinski definition) is 2. The van der Waals surface area contributed by atoms with Crippen molar-refractivity contribution < 1.29 is 8.78 Å². The normalized spacial score (nSPS) is 17.9. The maximum absolute atomic E-state index is 12.8. The third kappa shape index (κ3) is 2.01. The molecule has 1 aliphatic carbocycles. The van der Waals surface area contributed by atoms with Crippen LogP contribution < -0.4 is 11.1 Å². The van der Waals surface area contributed by atoms with Crippen molar-refractivity contribution in [2.45, 2.75) is 18.4 Å². The molecule has 0 unspecified atom stereocenters. The lowest BCUT2D eigenvalue weighted by atomic mass is 10.2. The first kappa shape index (κ1) is 9.40. The number of rotatable bonds is 3. The molecule has 1 aromatic rings. The van der Waals surface area contributed by atoms with E-state index in [0.717, 1.165) is 25.0 Å². The van der Waals surface area contributed by atoms with Crippen LogP contribution in [0, 0.1) is 11.6 Å². The zero-order chi connectivity index (χ0) is 10.2. The Morgan fingerprint density at radius 1 is 1.29 bits per heavy atom. The van der Waals surface area contributed by atoms with Gasteiger partial charge in [0.15, 0.2) is 11.6 Å². The summed E-state index contributed by atoms with van der Waals surface area (Å²) in [5, 5.41) is 2.98. The van der Waals surface area contributed by atoms with Crippen LogP contribution >= 0.6 is 0 Å². The zero-order valence-electron chi connectivity index (χ0n) is 7.69. The quantitative estimate of drug-likeness (QED) is 0.778. The summed E-state index contributed by atoms with van der Waals surface area (Å²) >= 11 is 0. The fraction of sp³-hybridized carbons (Fsp3) is 0.400. The molecule has 4 heteroatoms. The van der Waals surface area contributed by atoms with Gasteiger partial charge < -0.3 is 11.1 Å². The summed E-state index contributed by atoms with van der Waals surface area (Å²) in [5.41, 5.74) is 6.27. The Bertz CT molecular complexity index is 348. The van der Waals surface area contributed by atoms with E-state index in [1.807, 2.05) is 0 Å². The minimum absolute atomic E-state index is 0.134. The van der Waals surface area contributed by atoms with Gasteiger partial charge in [0.2, 0.25) is 0 Å². The predicted molar refractivity (Wildman–Crippen MR) is 51.0 cm³/mol. The molecule has 0 aliphatic heterocycles. The Morgan fingerprint density at radius 2 is 2.00 bits per heavy atom. The first-order chi connectivity index (χ1) is 6.59. The van der Waals surface area contributed by atoms with Gasteiger partial charge in [-0.25, -0.2) is 8.78 Å². The lowest BCUT2D eigenvalue weighted by molar-refractivity contribution is 0.509. The highest BCUT2D eigenvalue weighted by Crippen LogP contribution is 2.32. The lowest BCUT2D eigenvalue weighted by Crippen LogP contribution is -2.31. The maximum Gasteiger partial charge on any atom is 0.160 e. The summed E-state index contributed by atoms with van der Waals surface area (Å²) in [5.74, 6) is -1.67. The second-order valence-electron chi connectivity index (χ2n) is 3.84. The molecule has 2 nitrogen and oxygen atoms in total. The Labute approximate surface area is 81.1 Å². The van der Waals surface area contributed by atoms with Gasteiger partial charge in [0.05, 0.1) is 0 Å². The van der Waals surface area contributed by atoms with E-state index in [1.54, 1.807) is 0 Å². The molecule has 0 heterocycles. The van der Waals surface area contributed by atoms with E-state index in [0.29, 0.717) is 12.2 Å². The highest BCUT2D eigenvalue weighted by atomic mass is 19.2. The van der Waals surface area contributed by atoms with Gasteiger partial charge in [0.1, 0.15) is 0 Å². The van der Waals surface area contributed by atoms with Crippen LogP contribution in [0.2, 0.25) is 0 Å². The number of anilines is 1. The first-order valence-electron chi connectivity index (χ1n) is 4.57. The Balaban J connectivity index is 1.99. The summed E-state index contributed by atoms with van der Waals surface area (Å²) in [6.45, 7) is 0.609. The molecule has 1 saturated carbocycles. The largest absolute Gasteiger partial charge is 0.383 e. The summed E-state index contributed by atoms with van der Waals surface area (Å²) in [4.78, 5) is 0. The van der Waals surface area contributed by atoms with Gasteiger partial charge in [-0.1, -0.05) is 0 Å². The molecular weight excluding hydrogens is 186 g/mol. The molecule has 0 bridgehead atoms. The highest BCUT2D eigenvalue weighted by Gasteiger charge is 2.37. The van der Waals surface area contributed by atoms with Gasteiger partial charge >= 0.3 is 0 Å². The van der Waals surface area contributed by atoms with Crippen LogP contribution in [0.4, 0.5) is 14.5 Å². The molecule has 0 atom stereocenters. The summed E-state index contributed by atoms with van der Waals surface area (Å²) in [7, 11) is 0. The van der Waals surface area contributed by atoms with Crippen molar-refractivity contribution in [2.75, 3.05) is 11.9 Å². The van der Waals surface area contributed by atoms with Crippen molar-refractivity contribution >= 4 is 5.69 Å². The second kappa shape index (κ2) is 3.20. The monoisotopic (exact) mass is 198 g/mol. The molecule has 1 aromatic carbocycles. The molecule has 76 valence electrons. The van der Waals surface area contributed by atoms with Crippen molar-refractivity contribution in [1.82, 2.24) is 0 Å². The number of benzene rings is 1. The molecule has 0 spiro atoms. The molecule has 0 aromatic heterocycles. The topological polar surface area (TPSA) is 38.0 Å². The minimum atomic E-state index is -0.836. The van der Waals surface area contributed by atoms with Crippen LogP contribution in [-0.2, 0) is 0 Å². The summed E-state index contributed by atoms with van der Waals surface area (Å²) in [6.07, 6.45) is 1.98. The van der Waals surface area contributed by atoms with Gasteiger partial charge in [-0.2, -0.15) is 0 Å². The van der Waals surface area contributed by atoms with Crippen molar-refractivity contribution in [3.63, 3.8) is 0 Å². The standard InChI is InChI=1S/C10H12F2N2/c11-8-2-1-7(5-9(8)12)14-6-10(13)3-4-10/h1-2,5,14H,3-4,6,13H2. The van der Waals surface area contributed by atoms with E-state index < -0.39 is 11.6 Å². The second-order valence-corrected chi connectivity index (χ2v) is 3.84. The Hall–Kier alpha value is -1.16. The van der Waals surface area contributed by atoms with E-state index in [-0.39, 0.29) is 5.54 Å². The fourth-order valence-electron chi connectivity index (χ4n) is 1.22. The number of hydrogen-bond donors (Lipinski definition) is 2. The fourth-order valence-corrected chi connectivity index (χ4v) is 1.22. The van der Waals surface area contributed by atoms with Crippen LogP contribution in [0.15, 0.2) is 18.2 Å². The van der Waals surface area contributed by atoms with Crippen LogP contribution in [-0.4, -0.2) is 12.1 Å². The maximum atomic E-state index is 12.8. The van der Waals surface area contributed by atoms with Crippen molar-refractivity contribution in [2.24, 2.45) is 5.73 Å². The van der Waals surface area contributed by atoms with E-state index in [2.05, 4.69) is 5.32 Å². The average molecular weight is 198 g/mol. The van der Waals surface area contributed by atoms with Crippen molar-refractivity contribution in [3.8, 4) is 0 Å². The van der Waals surface area contributed by atoms with Crippen LogP contribution in [0.25, 0.3) is 0 Å². The number of nitrogens with one attached hydrogen (secondary N) is 1. The Morgan fingerprint density at radius 3 is 2.57 bits per heavy atom. The van der Waals surface area contributed by atoms with Crippen molar-refractivity contribution in [1.29, 1.82) is 0 Å². The summed E-state index contributed by atoms with van der Waals surface area (Å²) < 4.78 is 25.3. The van der Waals surface area contributed by atoms with E-state index in [4.69, 9.17) is 5.73 Å². The first-order valence-corrected chi connectivity index (χ1v) is 4.57. The van der Waals surface area contributed by atoms with Crippen LogP contribution in [0.3, 0.4) is 0 Å². The molecular formula is C10H12F2N2. The van der Waals surface area contributed by atoms with Gasteiger partial charge in [0, 0.05) is 17.8 Å². The average Bonchev–Trinajstić information content (AvgIpc) is 2.87. The van der Waals surface area contributed by atoms with E-state index >= 15 is 0 Å². The van der Waals surface area contributed by atoms with Gasteiger partial charge in [-0.3, -0.25) is 0 Å². The SMILES string of the molecule is NC1(CNc2ccc(F)c(F)c2)CC1. The zero-order valence-corrected chi connectivity index (χ0v) is 7.69. The summed E-state index contributed by atoms with van der Waals surface area (Å²) in [6, 6.07) is 3.75. The molecule has 3 N–H and O–H groups in total. The molecule has 2 rings (SSSR count). The number of halogens is 2. The minimum Gasteiger partial charge on any atom is -0.383 e. The van der Waals surface area contributed by atoms with E-state index in [9.17, 15) is 8.78 Å². The van der Waals surface area contributed by atoms with Crippen LogP contribution in [0.1, 0.15) is 12.8 Å².